The van der Waals surface area contributed by atoms with Crippen LogP contribution in [0.3, 0.4) is 0 Å². The first-order chi connectivity index (χ1) is 13.2. The number of aromatic amines is 1. The molecule has 7 nitrogen and oxygen atoms in total. The van der Waals surface area contributed by atoms with E-state index in [4.69, 9.17) is 4.74 Å². The van der Waals surface area contributed by atoms with Gasteiger partial charge in [0.25, 0.3) is 0 Å². The van der Waals surface area contributed by atoms with Gasteiger partial charge in [0, 0.05) is 42.8 Å². The summed E-state index contributed by atoms with van der Waals surface area (Å²) < 4.78 is 5.14. The van der Waals surface area contributed by atoms with Gasteiger partial charge in [-0.1, -0.05) is 12.1 Å². The highest BCUT2D eigenvalue weighted by Gasteiger charge is 2.25. The number of likely N-dealkylation sites (tertiary alicyclic amines) is 1. The summed E-state index contributed by atoms with van der Waals surface area (Å²) in [6.07, 6.45) is 2.39. The first kappa shape index (κ1) is 23.0. The zero-order valence-electron chi connectivity index (χ0n) is 17.5. The van der Waals surface area contributed by atoms with E-state index in [0.717, 1.165) is 31.6 Å². The molecular weight excluding hydrogens is 392 g/mol. The third-order valence-corrected chi connectivity index (χ3v) is 4.75. The fraction of sp³-hybridized carbons (Fsp3) is 0.524. The van der Waals surface area contributed by atoms with Crippen LogP contribution >= 0.6 is 12.4 Å². The van der Waals surface area contributed by atoms with Crippen LogP contribution in [0.1, 0.15) is 38.3 Å². The summed E-state index contributed by atoms with van der Waals surface area (Å²) in [7, 11) is 0. The molecule has 0 spiro atoms. The van der Waals surface area contributed by atoms with Crippen LogP contribution in [0, 0.1) is 6.92 Å². The first-order valence-corrected chi connectivity index (χ1v) is 9.75. The number of rotatable bonds is 5. The minimum atomic E-state index is -0.578. The molecule has 2 aromatic rings. The Balaban J connectivity index is 0.00000300. The highest BCUT2D eigenvalue weighted by atomic mass is 35.5. The van der Waals surface area contributed by atoms with E-state index in [9.17, 15) is 9.59 Å². The average Bonchev–Trinajstić information content (AvgIpc) is 3.19. The molecule has 0 aliphatic carbocycles. The Bertz CT molecular complexity index is 859. The number of halogens is 1. The summed E-state index contributed by atoms with van der Waals surface area (Å²) in [4.78, 5) is 29.4. The van der Waals surface area contributed by atoms with Crippen molar-refractivity contribution in [3.63, 3.8) is 0 Å². The predicted molar refractivity (Wildman–Crippen MR) is 116 cm³/mol. The molecular formula is C21H31ClN4O3. The summed E-state index contributed by atoms with van der Waals surface area (Å²) in [5, 5.41) is 6.74. The van der Waals surface area contributed by atoms with Crippen molar-refractivity contribution < 1.29 is 14.3 Å². The molecule has 3 N–H and O–H groups in total. The van der Waals surface area contributed by atoms with Crippen LogP contribution < -0.4 is 10.6 Å². The lowest BCUT2D eigenvalue weighted by Gasteiger charge is -2.20. The van der Waals surface area contributed by atoms with Crippen LogP contribution in [0.15, 0.2) is 24.4 Å². The van der Waals surface area contributed by atoms with Crippen LogP contribution in [0.2, 0.25) is 0 Å². The van der Waals surface area contributed by atoms with Gasteiger partial charge in [-0.05, 0) is 51.3 Å². The molecule has 8 heteroatoms. The van der Waals surface area contributed by atoms with E-state index in [-0.39, 0.29) is 30.9 Å². The molecule has 0 saturated carbocycles. The molecule has 0 radical (unpaired) electrons. The van der Waals surface area contributed by atoms with Crippen LogP contribution in [0.5, 0.6) is 0 Å². The zero-order valence-corrected chi connectivity index (χ0v) is 18.3. The second-order valence-electron chi connectivity index (χ2n) is 8.51. The van der Waals surface area contributed by atoms with Crippen LogP contribution in [0.25, 0.3) is 10.9 Å². The molecule has 29 heavy (non-hydrogen) atoms. The number of aryl methyl sites for hydroxylation is 1. The molecule has 1 fully saturated rings. The van der Waals surface area contributed by atoms with Gasteiger partial charge in [-0.25, -0.2) is 4.79 Å². The van der Waals surface area contributed by atoms with Crippen molar-refractivity contribution in [2.24, 2.45) is 0 Å². The molecule has 3 rings (SSSR count). The summed E-state index contributed by atoms with van der Waals surface area (Å²) in [5.41, 5.74) is 3.10. The van der Waals surface area contributed by atoms with Crippen molar-refractivity contribution in [3.8, 4) is 0 Å². The normalized spacial score (nSPS) is 17.0. The monoisotopic (exact) mass is 422 g/mol. The smallest absolute Gasteiger partial charge is 0.408 e. The SMILES string of the molecule is Cc1ccc2c(CN3CCC(NC(=O)CNC(=O)OC(C)(C)C)C3)c[nH]c2c1.Cl. The summed E-state index contributed by atoms with van der Waals surface area (Å²) in [6, 6.07) is 6.54. The second kappa shape index (κ2) is 9.50. The predicted octanol–water partition coefficient (Wildman–Crippen LogP) is 3.11. The third kappa shape index (κ3) is 6.65. The maximum atomic E-state index is 12.1. The van der Waals surface area contributed by atoms with E-state index in [0.29, 0.717) is 0 Å². The lowest BCUT2D eigenvalue weighted by molar-refractivity contribution is -0.120. The van der Waals surface area contributed by atoms with Crippen LogP contribution in [-0.4, -0.2) is 53.2 Å². The molecule has 1 aromatic carbocycles. The summed E-state index contributed by atoms with van der Waals surface area (Å²) >= 11 is 0. The molecule has 1 atom stereocenters. The number of alkyl carbamates (subject to hydrolysis) is 1. The fourth-order valence-electron chi connectivity index (χ4n) is 3.51. The van der Waals surface area contributed by atoms with Crippen molar-refractivity contribution in [1.82, 2.24) is 20.5 Å². The number of hydrogen-bond acceptors (Lipinski definition) is 4. The molecule has 1 aliphatic heterocycles. The Morgan fingerprint density at radius 3 is 2.79 bits per heavy atom. The number of nitrogens with one attached hydrogen (secondary N) is 3. The van der Waals surface area contributed by atoms with Crippen molar-refractivity contribution in [1.29, 1.82) is 0 Å². The van der Waals surface area contributed by atoms with E-state index in [1.165, 1.54) is 16.5 Å². The van der Waals surface area contributed by atoms with Crippen molar-refractivity contribution in [3.05, 3.63) is 35.5 Å². The van der Waals surface area contributed by atoms with Gasteiger partial charge in [-0.3, -0.25) is 9.69 Å². The maximum absolute atomic E-state index is 12.1. The molecule has 1 aromatic heterocycles. The lowest BCUT2D eigenvalue weighted by atomic mass is 10.1. The number of hydrogen-bond donors (Lipinski definition) is 3. The Morgan fingerprint density at radius 2 is 2.07 bits per heavy atom. The van der Waals surface area contributed by atoms with Crippen molar-refractivity contribution in [2.45, 2.75) is 52.3 Å². The lowest BCUT2D eigenvalue weighted by Crippen LogP contribution is -2.44. The van der Waals surface area contributed by atoms with Gasteiger partial charge in [0.05, 0.1) is 0 Å². The molecule has 1 aliphatic rings. The van der Waals surface area contributed by atoms with Gasteiger partial charge < -0.3 is 20.4 Å². The molecule has 0 bridgehead atoms. The standard InChI is InChI=1S/C21H30N4O3.ClH/c1-14-5-6-17-15(10-22-18(17)9-14)12-25-8-7-16(13-25)24-19(26)11-23-20(27)28-21(2,3)4;/h5-6,9-10,16,22H,7-8,11-13H2,1-4H3,(H,23,27)(H,24,26);1H. The Morgan fingerprint density at radius 1 is 1.31 bits per heavy atom. The number of carbonyl (C=O) groups excluding carboxylic acids is 2. The zero-order chi connectivity index (χ0) is 20.3. The van der Waals surface area contributed by atoms with E-state index in [1.54, 1.807) is 20.8 Å². The van der Waals surface area contributed by atoms with E-state index < -0.39 is 11.7 Å². The summed E-state index contributed by atoms with van der Waals surface area (Å²) in [5.74, 6) is -0.194. The number of H-pyrrole nitrogens is 1. The van der Waals surface area contributed by atoms with E-state index >= 15 is 0 Å². The van der Waals surface area contributed by atoms with Crippen molar-refractivity contribution >= 4 is 35.3 Å². The summed E-state index contributed by atoms with van der Waals surface area (Å²) in [6.45, 7) is 9.96. The number of amides is 2. The third-order valence-electron chi connectivity index (χ3n) is 4.75. The highest BCUT2D eigenvalue weighted by molar-refractivity contribution is 5.85. The molecule has 160 valence electrons. The van der Waals surface area contributed by atoms with Crippen molar-refractivity contribution in [2.75, 3.05) is 19.6 Å². The van der Waals surface area contributed by atoms with Gasteiger partial charge >= 0.3 is 6.09 Å². The quantitative estimate of drug-likeness (QED) is 0.691. The van der Waals surface area contributed by atoms with Gasteiger partial charge in [-0.2, -0.15) is 0 Å². The largest absolute Gasteiger partial charge is 0.444 e. The van der Waals surface area contributed by atoms with Gasteiger partial charge in [-0.15, -0.1) is 12.4 Å². The molecule has 1 saturated heterocycles. The van der Waals surface area contributed by atoms with Gasteiger partial charge in [0.1, 0.15) is 12.1 Å². The number of fused-ring (bicyclic) bond motifs is 1. The minimum absolute atomic E-state index is 0. The molecule has 2 heterocycles. The number of aromatic nitrogens is 1. The first-order valence-electron chi connectivity index (χ1n) is 9.75. The molecule has 2 amide bonds. The number of carbonyl (C=O) groups is 2. The number of benzene rings is 1. The van der Waals surface area contributed by atoms with Crippen LogP contribution in [0.4, 0.5) is 4.79 Å². The second-order valence-corrected chi connectivity index (χ2v) is 8.51. The minimum Gasteiger partial charge on any atom is -0.444 e. The van der Waals surface area contributed by atoms with Crippen LogP contribution in [-0.2, 0) is 16.1 Å². The number of nitrogens with zero attached hydrogens (tertiary/aromatic N) is 1. The number of ether oxygens (including phenoxy) is 1. The Kier molecular flexibility index (Phi) is 7.54. The van der Waals surface area contributed by atoms with E-state index in [1.807, 2.05) is 0 Å². The van der Waals surface area contributed by atoms with E-state index in [2.05, 4.69) is 51.8 Å². The highest BCUT2D eigenvalue weighted by Crippen LogP contribution is 2.22. The fourth-order valence-corrected chi connectivity index (χ4v) is 3.51. The maximum Gasteiger partial charge on any atom is 0.408 e. The van der Waals surface area contributed by atoms with Gasteiger partial charge in [0.2, 0.25) is 5.91 Å². The topological polar surface area (TPSA) is 86.5 Å². The Labute approximate surface area is 178 Å². The average molecular weight is 423 g/mol. The molecule has 1 unspecified atom stereocenters. The van der Waals surface area contributed by atoms with Gasteiger partial charge in [0.15, 0.2) is 0 Å². The Hall–Kier alpha value is -2.25.